The van der Waals surface area contributed by atoms with Crippen LogP contribution in [0.3, 0.4) is 0 Å². The first-order valence-corrected chi connectivity index (χ1v) is 13.8. The van der Waals surface area contributed by atoms with Gasteiger partial charge in [-0.2, -0.15) is 4.98 Å². The van der Waals surface area contributed by atoms with Gasteiger partial charge in [-0.15, -0.1) is 0 Å². The van der Waals surface area contributed by atoms with Crippen molar-refractivity contribution in [3.63, 3.8) is 0 Å². The highest BCUT2D eigenvalue weighted by molar-refractivity contribution is 5.68. The predicted octanol–water partition coefficient (Wildman–Crippen LogP) is 0.127. The molecule has 3 N–H and O–H groups in total. The SMILES string of the molecule is CC(=O)Oc1ccn([C@H]2CC(OC(C)=O)[C@@H](C)O2)c(=O)n1.C[C@H]1O[C@@H](n2cc(C#CCCCCO)c(=O)[nH]c2=O)CC1O. The van der Waals surface area contributed by atoms with Crippen molar-refractivity contribution in [3.8, 4) is 17.7 Å². The van der Waals surface area contributed by atoms with Crippen molar-refractivity contribution < 1.29 is 38.7 Å². The monoisotopic (exact) mass is 604 g/mol. The van der Waals surface area contributed by atoms with Crippen molar-refractivity contribution in [2.75, 3.05) is 6.61 Å². The molecular weight excluding hydrogens is 568 g/mol. The Morgan fingerprint density at radius 3 is 2.37 bits per heavy atom. The maximum absolute atomic E-state index is 11.9. The van der Waals surface area contributed by atoms with Gasteiger partial charge >= 0.3 is 23.3 Å². The van der Waals surface area contributed by atoms with Gasteiger partial charge < -0.3 is 29.2 Å². The van der Waals surface area contributed by atoms with Gasteiger partial charge in [0.05, 0.1) is 18.3 Å². The topological polar surface area (TPSA) is 201 Å². The number of rotatable bonds is 7. The lowest BCUT2D eigenvalue weighted by molar-refractivity contribution is -0.148. The van der Waals surface area contributed by atoms with Crippen LogP contribution in [0.5, 0.6) is 5.88 Å². The first-order valence-electron chi connectivity index (χ1n) is 13.8. The average molecular weight is 605 g/mol. The molecular formula is C28H36N4O11. The minimum absolute atomic E-state index is 0.0636. The lowest BCUT2D eigenvalue weighted by Gasteiger charge is -2.13. The molecule has 0 bridgehead atoms. The normalized spacial score (nSPS) is 24.3. The van der Waals surface area contributed by atoms with Gasteiger partial charge in [-0.25, -0.2) is 9.59 Å². The Balaban J connectivity index is 0.000000236. The van der Waals surface area contributed by atoms with Gasteiger partial charge in [0.2, 0.25) is 5.88 Å². The zero-order chi connectivity index (χ0) is 31.7. The number of hydrogen-bond donors (Lipinski definition) is 3. The molecule has 0 radical (unpaired) electrons. The lowest BCUT2D eigenvalue weighted by Crippen LogP contribution is -2.33. The Hall–Kier alpha value is -4.10. The van der Waals surface area contributed by atoms with Crippen LogP contribution in [0.4, 0.5) is 0 Å². The molecule has 0 spiro atoms. The number of nitrogens with one attached hydrogen (secondary N) is 1. The van der Waals surface area contributed by atoms with Gasteiger partial charge in [-0.05, 0) is 26.7 Å². The van der Waals surface area contributed by atoms with E-state index in [1.165, 1.54) is 41.4 Å². The van der Waals surface area contributed by atoms with Gasteiger partial charge in [-0.3, -0.25) is 28.5 Å². The Morgan fingerprint density at radius 1 is 1.07 bits per heavy atom. The highest BCUT2D eigenvalue weighted by Gasteiger charge is 2.36. The number of aromatic amines is 1. The summed E-state index contributed by atoms with van der Waals surface area (Å²) in [6, 6.07) is 1.40. The van der Waals surface area contributed by atoms with Gasteiger partial charge in [-0.1, -0.05) is 11.8 Å². The maximum atomic E-state index is 11.9. The van der Waals surface area contributed by atoms with Crippen LogP contribution >= 0.6 is 0 Å². The Morgan fingerprint density at radius 2 is 1.77 bits per heavy atom. The van der Waals surface area contributed by atoms with Crippen molar-refractivity contribution in [2.24, 2.45) is 0 Å². The summed E-state index contributed by atoms with van der Waals surface area (Å²) < 4.78 is 23.5. The first kappa shape index (κ1) is 33.4. The molecule has 43 heavy (non-hydrogen) atoms. The van der Waals surface area contributed by atoms with Crippen molar-refractivity contribution in [1.82, 2.24) is 19.1 Å². The van der Waals surface area contributed by atoms with Crippen LogP contribution in [0.15, 0.2) is 32.8 Å². The number of esters is 2. The summed E-state index contributed by atoms with van der Waals surface area (Å²) in [7, 11) is 0. The van der Waals surface area contributed by atoms with Crippen molar-refractivity contribution >= 4 is 11.9 Å². The molecule has 2 fully saturated rings. The van der Waals surface area contributed by atoms with Crippen LogP contribution in [0.25, 0.3) is 0 Å². The molecule has 234 valence electrons. The summed E-state index contributed by atoms with van der Waals surface area (Å²) in [6.45, 7) is 6.15. The van der Waals surface area contributed by atoms with Crippen molar-refractivity contribution in [3.05, 3.63) is 55.3 Å². The fourth-order valence-electron chi connectivity index (χ4n) is 4.38. The van der Waals surface area contributed by atoms with E-state index < -0.39 is 53.5 Å². The Kier molecular flexibility index (Phi) is 12.0. The summed E-state index contributed by atoms with van der Waals surface area (Å²) in [5, 5.41) is 18.4. The average Bonchev–Trinajstić information content (AvgIpc) is 3.45. The van der Waals surface area contributed by atoms with E-state index in [1.807, 2.05) is 0 Å². The largest absolute Gasteiger partial charge is 0.460 e. The number of ether oxygens (including phenoxy) is 4. The van der Waals surface area contributed by atoms with Crippen molar-refractivity contribution in [2.45, 2.75) is 96.7 Å². The van der Waals surface area contributed by atoms with Crippen LogP contribution in [0, 0.1) is 11.8 Å². The van der Waals surface area contributed by atoms with Crippen molar-refractivity contribution in [1.29, 1.82) is 0 Å². The van der Waals surface area contributed by atoms with Gasteiger partial charge in [0, 0.05) is 58.2 Å². The number of aliphatic hydroxyl groups is 2. The molecule has 2 aromatic rings. The van der Waals surface area contributed by atoms with E-state index >= 15 is 0 Å². The maximum Gasteiger partial charge on any atom is 0.352 e. The van der Waals surface area contributed by atoms with Gasteiger partial charge in [0.25, 0.3) is 5.56 Å². The molecule has 2 unspecified atom stereocenters. The van der Waals surface area contributed by atoms with Gasteiger partial charge in [0.15, 0.2) is 0 Å². The zero-order valence-electron chi connectivity index (χ0n) is 24.3. The summed E-state index contributed by atoms with van der Waals surface area (Å²) in [6.07, 6.45) is 2.50. The second-order valence-electron chi connectivity index (χ2n) is 10.0. The summed E-state index contributed by atoms with van der Waals surface area (Å²) in [4.78, 5) is 63.2. The number of aliphatic hydroxyl groups excluding tert-OH is 2. The van der Waals surface area contributed by atoms with Crippen LogP contribution in [0.1, 0.15) is 77.8 Å². The molecule has 2 aliphatic rings. The fraction of sp³-hybridized carbons (Fsp3) is 0.571. The highest BCUT2D eigenvalue weighted by Crippen LogP contribution is 2.30. The minimum Gasteiger partial charge on any atom is -0.460 e. The second kappa shape index (κ2) is 15.4. The third kappa shape index (κ3) is 9.45. The van der Waals surface area contributed by atoms with E-state index in [0.29, 0.717) is 19.3 Å². The molecule has 4 rings (SSSR count). The molecule has 4 heterocycles. The number of carbonyl (C=O) groups excluding carboxylic acids is 2. The second-order valence-corrected chi connectivity index (χ2v) is 10.0. The molecule has 6 atom stereocenters. The smallest absolute Gasteiger partial charge is 0.352 e. The van der Waals surface area contributed by atoms with E-state index in [2.05, 4.69) is 21.8 Å². The first-order chi connectivity index (χ1) is 20.4. The fourth-order valence-corrected chi connectivity index (χ4v) is 4.38. The summed E-state index contributed by atoms with van der Waals surface area (Å²) >= 11 is 0. The molecule has 0 aliphatic carbocycles. The summed E-state index contributed by atoms with van der Waals surface area (Å²) in [5.74, 6) is 4.56. The molecule has 0 saturated carbocycles. The number of H-pyrrole nitrogens is 1. The Bertz CT molecular complexity index is 1510. The van der Waals surface area contributed by atoms with E-state index in [-0.39, 0.29) is 36.7 Å². The standard InChI is InChI=1S/C15H20N2O5.C13H16N2O6/c1-10-12(19)8-13(22-10)17-9-11(14(20)16-15(17)21)6-4-2-3-5-7-18;1-7-10(20-8(2)16)6-12(19-7)15-5-4-11(14-13(15)18)21-9(3)17/h9-10,12-13,18-19H,2-3,5,7-8H2,1H3,(H,16,20,21);4-5,7,10,12H,6H2,1-3H3/t10-,12?,13-;7-,10?,12-/m11/s1. The molecule has 0 amide bonds. The predicted molar refractivity (Wildman–Crippen MR) is 149 cm³/mol. The van der Waals surface area contributed by atoms with Crippen LogP contribution < -0.4 is 21.7 Å². The lowest BCUT2D eigenvalue weighted by atomic mass is 10.2. The van der Waals surface area contributed by atoms with E-state index in [9.17, 15) is 29.1 Å². The van der Waals surface area contributed by atoms with Crippen LogP contribution in [0.2, 0.25) is 0 Å². The minimum atomic E-state index is -0.642. The summed E-state index contributed by atoms with van der Waals surface area (Å²) in [5.41, 5.74) is -1.54. The van der Waals surface area contributed by atoms with Crippen LogP contribution in [-0.4, -0.2) is 72.3 Å². The number of aromatic nitrogens is 4. The number of unbranched alkanes of at least 4 members (excludes halogenated alkanes) is 2. The molecule has 2 aliphatic heterocycles. The Labute approximate surface area is 246 Å². The third-order valence-corrected chi connectivity index (χ3v) is 6.58. The number of nitrogens with zero attached hydrogens (tertiary/aromatic N) is 3. The molecule has 15 nitrogen and oxygen atoms in total. The number of carbonyl (C=O) groups is 2. The van der Waals surface area contributed by atoms with E-state index in [0.717, 1.165) is 6.42 Å². The number of hydrogen-bond acceptors (Lipinski definition) is 12. The molecule has 15 heteroatoms. The molecule has 0 aromatic carbocycles. The van der Waals surface area contributed by atoms with Crippen LogP contribution in [-0.2, 0) is 23.8 Å². The third-order valence-electron chi connectivity index (χ3n) is 6.58. The zero-order valence-corrected chi connectivity index (χ0v) is 24.3. The quantitative estimate of drug-likeness (QED) is 0.219. The van der Waals surface area contributed by atoms with Gasteiger partial charge in [0.1, 0.15) is 24.1 Å². The van der Waals surface area contributed by atoms with E-state index in [1.54, 1.807) is 13.8 Å². The molecule has 2 saturated heterocycles. The highest BCUT2D eigenvalue weighted by atomic mass is 16.6. The van der Waals surface area contributed by atoms with E-state index in [4.69, 9.17) is 24.1 Å². The molecule has 2 aromatic heterocycles.